The van der Waals surface area contributed by atoms with E-state index < -0.39 is 0 Å². The summed E-state index contributed by atoms with van der Waals surface area (Å²) < 4.78 is 14.7. The highest BCUT2D eigenvalue weighted by Gasteiger charge is 2.17. The molecule has 5 aromatic rings. The number of nitrogens with zero attached hydrogens (tertiary/aromatic N) is 3. The summed E-state index contributed by atoms with van der Waals surface area (Å²) in [5.74, 6) is 0.326. The summed E-state index contributed by atoms with van der Waals surface area (Å²) in [4.78, 5) is 29.5. The van der Waals surface area contributed by atoms with Gasteiger partial charge in [-0.25, -0.2) is 19.3 Å². The maximum Gasteiger partial charge on any atom is 0.251 e. The number of aromatic nitrogens is 4. The Bertz CT molecular complexity index is 1430. The molecule has 0 aliphatic heterocycles. The zero-order valence-electron chi connectivity index (χ0n) is 18.3. The lowest BCUT2D eigenvalue weighted by atomic mass is 10.0. The molecule has 34 heavy (non-hydrogen) atoms. The van der Waals surface area contributed by atoms with Gasteiger partial charge in [0.1, 0.15) is 17.3 Å². The SMILES string of the molecule is O=C(NCCCc1ncc[nH]1)c1ccc2nc(-c3ccccc3)c(-c3ccccc3F)nc2c1. The molecule has 0 bridgehead atoms. The third-order valence-corrected chi connectivity index (χ3v) is 5.53. The van der Waals surface area contributed by atoms with Crippen LogP contribution in [0.1, 0.15) is 22.6 Å². The molecular weight excluding hydrogens is 429 g/mol. The van der Waals surface area contributed by atoms with Gasteiger partial charge >= 0.3 is 0 Å². The van der Waals surface area contributed by atoms with Crippen LogP contribution in [0.3, 0.4) is 0 Å². The zero-order chi connectivity index (χ0) is 23.3. The van der Waals surface area contributed by atoms with Crippen LogP contribution in [0.15, 0.2) is 85.2 Å². The molecule has 0 aliphatic rings. The maximum absolute atomic E-state index is 14.7. The Balaban J connectivity index is 1.46. The third kappa shape index (κ3) is 4.54. The Kier molecular flexibility index (Phi) is 6.07. The molecule has 3 aromatic carbocycles. The van der Waals surface area contributed by atoms with Crippen molar-refractivity contribution in [2.75, 3.05) is 6.54 Å². The molecule has 7 heteroatoms. The minimum absolute atomic E-state index is 0.192. The van der Waals surface area contributed by atoms with E-state index in [9.17, 15) is 9.18 Å². The van der Waals surface area contributed by atoms with E-state index in [0.29, 0.717) is 40.1 Å². The third-order valence-electron chi connectivity index (χ3n) is 5.53. The number of rotatable bonds is 7. The van der Waals surface area contributed by atoms with Gasteiger partial charge in [0.25, 0.3) is 5.91 Å². The number of carbonyl (C=O) groups excluding carboxylic acids is 1. The molecule has 0 unspecified atom stereocenters. The fourth-order valence-corrected chi connectivity index (χ4v) is 3.83. The second kappa shape index (κ2) is 9.62. The number of H-pyrrole nitrogens is 1. The first-order valence-corrected chi connectivity index (χ1v) is 11.1. The Labute approximate surface area is 195 Å². The standard InChI is InChI=1S/C27H22FN5O/c28-21-10-5-4-9-20(21)26-25(18-7-2-1-3-8-18)32-22-13-12-19(17-23(22)33-26)27(34)31-14-6-11-24-29-15-16-30-24/h1-5,7-10,12-13,15-17H,6,11,14H2,(H,29,30)(H,31,34). The molecular formula is C27H22FN5O. The van der Waals surface area contributed by atoms with Gasteiger partial charge in [0.2, 0.25) is 0 Å². The van der Waals surface area contributed by atoms with E-state index in [1.54, 1.807) is 48.8 Å². The highest BCUT2D eigenvalue weighted by atomic mass is 19.1. The lowest BCUT2D eigenvalue weighted by molar-refractivity contribution is 0.0953. The Morgan fingerprint density at radius 1 is 0.912 bits per heavy atom. The quantitative estimate of drug-likeness (QED) is 0.334. The Morgan fingerprint density at radius 2 is 1.71 bits per heavy atom. The van der Waals surface area contributed by atoms with Crippen LogP contribution in [0, 0.1) is 5.82 Å². The molecule has 5 rings (SSSR count). The molecule has 2 N–H and O–H groups in total. The van der Waals surface area contributed by atoms with E-state index in [1.165, 1.54) is 6.07 Å². The lowest BCUT2D eigenvalue weighted by Gasteiger charge is -2.12. The van der Waals surface area contributed by atoms with Crippen LogP contribution in [0.4, 0.5) is 4.39 Å². The molecule has 0 atom stereocenters. The van der Waals surface area contributed by atoms with E-state index in [4.69, 9.17) is 9.97 Å². The Morgan fingerprint density at radius 3 is 2.50 bits per heavy atom. The summed E-state index contributed by atoms with van der Waals surface area (Å²) in [6, 6.07) is 21.3. The minimum Gasteiger partial charge on any atom is -0.352 e. The molecule has 0 spiro atoms. The Hall–Kier alpha value is -4.39. The van der Waals surface area contributed by atoms with Gasteiger partial charge in [-0.3, -0.25) is 4.79 Å². The number of aromatic amines is 1. The van der Waals surface area contributed by atoms with E-state index >= 15 is 0 Å². The van der Waals surface area contributed by atoms with E-state index in [-0.39, 0.29) is 11.7 Å². The predicted molar refractivity (Wildman–Crippen MR) is 130 cm³/mol. The summed E-state index contributed by atoms with van der Waals surface area (Å²) in [7, 11) is 0. The molecule has 0 radical (unpaired) electrons. The first-order chi connectivity index (χ1) is 16.7. The predicted octanol–water partition coefficient (Wildman–Crippen LogP) is 5.19. The second-order valence-corrected chi connectivity index (χ2v) is 7.87. The van der Waals surface area contributed by atoms with Gasteiger partial charge in [-0.1, -0.05) is 42.5 Å². The number of amides is 1. The monoisotopic (exact) mass is 451 g/mol. The second-order valence-electron chi connectivity index (χ2n) is 7.87. The number of hydrogen-bond donors (Lipinski definition) is 2. The number of halogens is 1. The number of aryl methyl sites for hydroxylation is 1. The van der Waals surface area contributed by atoms with E-state index in [0.717, 1.165) is 24.2 Å². The van der Waals surface area contributed by atoms with E-state index in [1.807, 2.05) is 30.3 Å². The first-order valence-electron chi connectivity index (χ1n) is 11.1. The van der Waals surface area contributed by atoms with Gasteiger partial charge in [-0.05, 0) is 36.8 Å². The number of nitrogens with one attached hydrogen (secondary N) is 2. The van der Waals surface area contributed by atoms with Crippen LogP contribution in [-0.4, -0.2) is 32.4 Å². The van der Waals surface area contributed by atoms with Crippen LogP contribution < -0.4 is 5.32 Å². The smallest absolute Gasteiger partial charge is 0.251 e. The molecule has 2 heterocycles. The molecule has 0 aliphatic carbocycles. The van der Waals surface area contributed by atoms with Crippen molar-refractivity contribution in [1.29, 1.82) is 0 Å². The van der Waals surface area contributed by atoms with Crippen molar-refractivity contribution in [3.8, 4) is 22.5 Å². The normalized spacial score (nSPS) is 11.0. The fourth-order valence-electron chi connectivity index (χ4n) is 3.83. The molecule has 0 saturated heterocycles. The van der Waals surface area contributed by atoms with Crippen LogP contribution in [0.5, 0.6) is 0 Å². The van der Waals surface area contributed by atoms with Crippen LogP contribution in [-0.2, 0) is 6.42 Å². The van der Waals surface area contributed by atoms with Gasteiger partial charge in [0, 0.05) is 42.0 Å². The number of fused-ring (bicyclic) bond motifs is 1. The van der Waals surface area contributed by atoms with Crippen molar-refractivity contribution in [2.45, 2.75) is 12.8 Å². The van der Waals surface area contributed by atoms with Crippen LogP contribution in [0.25, 0.3) is 33.5 Å². The average Bonchev–Trinajstić information content (AvgIpc) is 3.40. The molecule has 6 nitrogen and oxygen atoms in total. The van der Waals surface area contributed by atoms with Crippen molar-refractivity contribution in [3.05, 3.63) is 102 Å². The lowest BCUT2D eigenvalue weighted by Crippen LogP contribution is -2.24. The maximum atomic E-state index is 14.7. The number of hydrogen-bond acceptors (Lipinski definition) is 4. The van der Waals surface area contributed by atoms with Gasteiger partial charge < -0.3 is 10.3 Å². The first kappa shape index (κ1) is 21.5. The number of benzene rings is 3. The molecule has 168 valence electrons. The van der Waals surface area contributed by atoms with Crippen LogP contribution in [0.2, 0.25) is 0 Å². The molecule has 0 saturated carbocycles. The van der Waals surface area contributed by atoms with Gasteiger partial charge in [0.05, 0.1) is 16.7 Å². The highest BCUT2D eigenvalue weighted by Crippen LogP contribution is 2.32. The average molecular weight is 452 g/mol. The van der Waals surface area contributed by atoms with Crippen molar-refractivity contribution >= 4 is 16.9 Å². The minimum atomic E-state index is -0.376. The summed E-state index contributed by atoms with van der Waals surface area (Å²) in [5, 5.41) is 2.93. The van der Waals surface area contributed by atoms with Gasteiger partial charge in [-0.15, -0.1) is 0 Å². The molecule has 1 amide bonds. The van der Waals surface area contributed by atoms with Crippen molar-refractivity contribution < 1.29 is 9.18 Å². The van der Waals surface area contributed by atoms with Crippen molar-refractivity contribution in [3.63, 3.8) is 0 Å². The summed E-state index contributed by atoms with van der Waals surface area (Å²) in [5.41, 5.74) is 3.87. The number of imidazole rings is 1. The molecule has 2 aromatic heterocycles. The fraction of sp³-hybridized carbons (Fsp3) is 0.111. The zero-order valence-corrected chi connectivity index (χ0v) is 18.3. The molecule has 0 fully saturated rings. The summed E-state index contributed by atoms with van der Waals surface area (Å²) in [6.07, 6.45) is 5.01. The van der Waals surface area contributed by atoms with E-state index in [2.05, 4.69) is 15.3 Å². The topological polar surface area (TPSA) is 83.6 Å². The van der Waals surface area contributed by atoms with Crippen LogP contribution >= 0.6 is 0 Å². The highest BCUT2D eigenvalue weighted by molar-refractivity contribution is 5.98. The van der Waals surface area contributed by atoms with Gasteiger partial charge in [-0.2, -0.15) is 0 Å². The summed E-state index contributed by atoms with van der Waals surface area (Å²) >= 11 is 0. The van der Waals surface area contributed by atoms with Crippen molar-refractivity contribution in [1.82, 2.24) is 25.3 Å². The van der Waals surface area contributed by atoms with Crippen molar-refractivity contribution in [2.24, 2.45) is 0 Å². The summed E-state index contributed by atoms with van der Waals surface area (Å²) in [6.45, 7) is 0.524. The number of carbonyl (C=O) groups is 1. The van der Waals surface area contributed by atoms with Gasteiger partial charge in [0.15, 0.2) is 0 Å². The largest absolute Gasteiger partial charge is 0.352 e.